The van der Waals surface area contributed by atoms with Crippen LogP contribution in [-0.2, 0) is 4.79 Å². The summed E-state index contributed by atoms with van der Waals surface area (Å²) >= 11 is 0. The maximum absolute atomic E-state index is 11.1. The van der Waals surface area contributed by atoms with Gasteiger partial charge in [0, 0.05) is 12.3 Å². The minimum absolute atomic E-state index is 0.292. The van der Waals surface area contributed by atoms with E-state index in [4.69, 9.17) is 0 Å². The Morgan fingerprint density at radius 3 is 1.35 bits per heavy atom. The van der Waals surface area contributed by atoms with Crippen LogP contribution < -0.4 is 0 Å². The number of aromatic nitrogens is 2. The number of H-pyrrole nitrogens is 1. The van der Waals surface area contributed by atoms with Crippen molar-refractivity contribution in [2.24, 2.45) is 0 Å². The molecule has 1 heterocycles. The number of hydrogen-bond donors (Lipinski definition) is 2. The molecule has 0 aliphatic heterocycles. The van der Waals surface area contributed by atoms with Gasteiger partial charge >= 0.3 is 0 Å². The second-order valence-corrected chi connectivity index (χ2v) is 13.6. The smallest absolute Gasteiger partial charge is 0.120 e. The monoisotopic (exact) mass is 603 g/mol. The van der Waals surface area contributed by atoms with Crippen molar-refractivity contribution in [3.8, 4) is 0 Å². The maximum Gasteiger partial charge on any atom is 0.120 e. The van der Waals surface area contributed by atoms with Gasteiger partial charge in [-0.15, -0.1) is 0 Å². The van der Waals surface area contributed by atoms with E-state index < -0.39 is 6.10 Å². The summed E-state index contributed by atoms with van der Waals surface area (Å²) in [4.78, 5) is 19.2. The van der Waals surface area contributed by atoms with Crippen LogP contribution in [0.5, 0.6) is 0 Å². The topological polar surface area (TPSA) is 66.0 Å². The lowest BCUT2D eigenvalue weighted by Gasteiger charge is -2.14. The Labute approximate surface area is 268 Å². The molecule has 1 rings (SSSR count). The highest BCUT2D eigenvalue weighted by Gasteiger charge is 2.17. The van der Waals surface area contributed by atoms with Crippen LogP contribution in [0.15, 0.2) is 6.20 Å². The molecular weight excluding hydrogens is 528 g/mol. The lowest BCUT2D eigenvalue weighted by molar-refractivity contribution is -0.108. The van der Waals surface area contributed by atoms with E-state index in [0.717, 1.165) is 43.5 Å². The van der Waals surface area contributed by atoms with Gasteiger partial charge in [0.05, 0.1) is 18.0 Å². The summed E-state index contributed by atoms with van der Waals surface area (Å²) in [7, 11) is 0. The normalized spacial score (nSPS) is 13.0. The van der Waals surface area contributed by atoms with E-state index in [0.29, 0.717) is 12.3 Å². The highest BCUT2D eigenvalue weighted by Crippen LogP contribution is 2.28. The van der Waals surface area contributed by atoms with Crippen LogP contribution in [-0.4, -0.2) is 21.4 Å². The fraction of sp³-hybridized carbons (Fsp3) is 0.897. The number of unbranched alkanes of at least 4 members (excludes halogenated alkanes) is 25. The number of aldehydes is 1. The first-order chi connectivity index (χ1) is 21.2. The summed E-state index contributed by atoms with van der Waals surface area (Å²) in [5.41, 5.74) is 0.853. The van der Waals surface area contributed by atoms with Crippen molar-refractivity contribution in [3.05, 3.63) is 17.7 Å². The van der Waals surface area contributed by atoms with Gasteiger partial charge in [-0.3, -0.25) is 0 Å². The summed E-state index contributed by atoms with van der Waals surface area (Å²) in [6, 6.07) is 0. The molecule has 1 aromatic rings. The summed E-state index contributed by atoms with van der Waals surface area (Å²) in [5.74, 6) is 1.26. The van der Waals surface area contributed by atoms with E-state index in [1.165, 1.54) is 167 Å². The van der Waals surface area contributed by atoms with Gasteiger partial charge in [-0.25, -0.2) is 4.98 Å². The zero-order chi connectivity index (χ0) is 31.1. The molecule has 4 heteroatoms. The highest BCUT2D eigenvalue weighted by atomic mass is 16.3. The zero-order valence-corrected chi connectivity index (χ0v) is 29.0. The molecule has 0 aliphatic rings. The van der Waals surface area contributed by atoms with Gasteiger partial charge in [0.2, 0.25) is 0 Å². The number of aliphatic hydroxyl groups is 1. The number of nitrogens with one attached hydrogen (secondary N) is 1. The Hall–Kier alpha value is -1.16. The van der Waals surface area contributed by atoms with Crippen LogP contribution >= 0.6 is 0 Å². The standard InChI is InChI=1S/C39H74N2O2/c1-3-5-7-9-11-13-15-17-18-19-21-23-25-27-29-33-38(43)37-35-40-39(41-37)36(32-30-34-42)31-28-26-24-22-20-16-14-12-10-8-6-4-2/h34-36,38,43H,3-33H2,1-2H3,(H,40,41). The Balaban J connectivity index is 2.11. The third-order valence-corrected chi connectivity index (χ3v) is 9.48. The lowest BCUT2D eigenvalue weighted by Crippen LogP contribution is -2.04. The first kappa shape index (κ1) is 39.9. The maximum atomic E-state index is 11.1. The van der Waals surface area contributed by atoms with Crippen LogP contribution in [0.4, 0.5) is 0 Å². The average Bonchev–Trinajstić information content (AvgIpc) is 3.51. The SMILES string of the molecule is CCCCCCCCCCCCCCCCCC(O)c1cnc(C(CCC=O)CCCCCCCCCCCCCC)[nH]1. The Bertz CT molecular complexity index is 703. The van der Waals surface area contributed by atoms with Crippen molar-refractivity contribution in [2.75, 3.05) is 0 Å². The van der Waals surface area contributed by atoms with Crippen molar-refractivity contribution in [2.45, 2.75) is 225 Å². The van der Waals surface area contributed by atoms with E-state index in [9.17, 15) is 9.90 Å². The minimum atomic E-state index is -0.457. The molecule has 0 saturated heterocycles. The molecule has 1 aromatic heterocycles. The van der Waals surface area contributed by atoms with Gasteiger partial charge in [0.15, 0.2) is 0 Å². The summed E-state index contributed by atoms with van der Waals surface area (Å²) in [5, 5.41) is 10.8. The number of carbonyl (C=O) groups excluding carboxylic acids is 1. The molecule has 0 saturated carbocycles. The van der Waals surface area contributed by atoms with Crippen molar-refractivity contribution < 1.29 is 9.90 Å². The number of aliphatic hydroxyl groups excluding tert-OH is 1. The number of nitrogens with zero attached hydrogens (tertiary/aromatic N) is 1. The van der Waals surface area contributed by atoms with Gasteiger partial charge in [-0.1, -0.05) is 187 Å². The largest absolute Gasteiger partial charge is 0.387 e. The predicted molar refractivity (Wildman–Crippen MR) is 187 cm³/mol. The Morgan fingerprint density at radius 2 is 0.953 bits per heavy atom. The van der Waals surface area contributed by atoms with Crippen LogP contribution in [0.2, 0.25) is 0 Å². The van der Waals surface area contributed by atoms with Gasteiger partial charge in [-0.2, -0.15) is 0 Å². The molecule has 4 nitrogen and oxygen atoms in total. The summed E-state index contributed by atoms with van der Waals surface area (Å²) < 4.78 is 0. The second-order valence-electron chi connectivity index (χ2n) is 13.6. The Kier molecular flexibility index (Phi) is 28.6. The van der Waals surface area contributed by atoms with E-state index in [-0.39, 0.29) is 0 Å². The molecule has 0 aliphatic carbocycles. The van der Waals surface area contributed by atoms with Crippen molar-refractivity contribution in [3.63, 3.8) is 0 Å². The highest BCUT2D eigenvalue weighted by molar-refractivity contribution is 5.49. The molecule has 0 amide bonds. The molecule has 0 fully saturated rings. The lowest BCUT2D eigenvalue weighted by atomic mass is 9.95. The number of carbonyl (C=O) groups is 1. The van der Waals surface area contributed by atoms with Crippen LogP contribution in [0.25, 0.3) is 0 Å². The summed E-state index contributed by atoms with van der Waals surface area (Å²) in [6.07, 6.45) is 42.4. The van der Waals surface area contributed by atoms with Crippen LogP contribution in [0, 0.1) is 0 Å². The fourth-order valence-electron chi connectivity index (χ4n) is 6.51. The van der Waals surface area contributed by atoms with Gasteiger partial charge < -0.3 is 14.9 Å². The summed E-state index contributed by atoms with van der Waals surface area (Å²) in [6.45, 7) is 4.57. The van der Waals surface area contributed by atoms with Gasteiger partial charge in [0.1, 0.15) is 12.1 Å². The minimum Gasteiger partial charge on any atom is -0.387 e. The van der Waals surface area contributed by atoms with Crippen molar-refractivity contribution in [1.29, 1.82) is 0 Å². The molecular formula is C39H74N2O2. The molecule has 0 radical (unpaired) electrons. The molecule has 43 heavy (non-hydrogen) atoms. The average molecular weight is 603 g/mol. The first-order valence-corrected chi connectivity index (χ1v) is 19.4. The molecule has 0 spiro atoms. The van der Waals surface area contributed by atoms with Crippen LogP contribution in [0.3, 0.4) is 0 Å². The van der Waals surface area contributed by atoms with E-state index in [2.05, 4.69) is 23.8 Å². The number of hydrogen-bond acceptors (Lipinski definition) is 3. The Morgan fingerprint density at radius 1 is 0.581 bits per heavy atom. The molecule has 2 atom stereocenters. The van der Waals surface area contributed by atoms with Gasteiger partial charge in [-0.05, 0) is 19.3 Å². The third-order valence-electron chi connectivity index (χ3n) is 9.48. The number of aromatic amines is 1. The van der Waals surface area contributed by atoms with Crippen molar-refractivity contribution >= 4 is 6.29 Å². The zero-order valence-electron chi connectivity index (χ0n) is 29.0. The molecule has 0 bridgehead atoms. The number of imidazole rings is 1. The second kappa shape index (κ2) is 30.8. The van der Waals surface area contributed by atoms with Gasteiger partial charge in [0.25, 0.3) is 0 Å². The molecule has 0 aromatic carbocycles. The fourth-order valence-corrected chi connectivity index (χ4v) is 6.51. The van der Waals surface area contributed by atoms with E-state index in [1.807, 2.05) is 6.20 Å². The molecule has 2 N–H and O–H groups in total. The third kappa shape index (κ3) is 23.8. The van der Waals surface area contributed by atoms with Crippen molar-refractivity contribution in [1.82, 2.24) is 9.97 Å². The number of rotatable bonds is 34. The molecule has 2 unspecified atom stereocenters. The quantitative estimate of drug-likeness (QED) is 0.0609. The van der Waals surface area contributed by atoms with E-state index >= 15 is 0 Å². The van der Waals surface area contributed by atoms with Crippen LogP contribution in [0.1, 0.15) is 236 Å². The van der Waals surface area contributed by atoms with E-state index in [1.54, 1.807) is 0 Å². The first-order valence-electron chi connectivity index (χ1n) is 19.4. The molecule has 252 valence electrons. The predicted octanol–water partition coefficient (Wildman–Crippen LogP) is 12.9.